The first-order chi connectivity index (χ1) is 8.84. The average Bonchev–Trinajstić information content (AvgIpc) is 2.90. The van der Waals surface area contributed by atoms with E-state index in [4.69, 9.17) is 5.73 Å². The van der Waals surface area contributed by atoms with Gasteiger partial charge < -0.3 is 5.73 Å². The summed E-state index contributed by atoms with van der Waals surface area (Å²) in [4.78, 5) is 12.7. The van der Waals surface area contributed by atoms with Gasteiger partial charge in [-0.3, -0.25) is 5.10 Å². The van der Waals surface area contributed by atoms with Crippen LogP contribution in [0.4, 0.5) is 5.82 Å². The predicted molar refractivity (Wildman–Crippen MR) is 67.6 cm³/mol. The molecule has 2 aromatic rings. The first kappa shape index (κ1) is 11.1. The lowest BCUT2D eigenvalue weighted by molar-refractivity contribution is 0.429. The van der Waals surface area contributed by atoms with Crippen LogP contribution >= 0.6 is 0 Å². The van der Waals surface area contributed by atoms with Crippen molar-refractivity contribution in [2.45, 2.75) is 38.0 Å². The summed E-state index contributed by atoms with van der Waals surface area (Å²) in [5, 5.41) is 7.22. The van der Waals surface area contributed by atoms with Gasteiger partial charge in [0.05, 0.1) is 0 Å². The van der Waals surface area contributed by atoms with Crippen LogP contribution in [0.5, 0.6) is 0 Å². The van der Waals surface area contributed by atoms with E-state index >= 15 is 0 Å². The number of anilines is 1. The van der Waals surface area contributed by atoms with Gasteiger partial charge in [0.15, 0.2) is 11.5 Å². The van der Waals surface area contributed by atoms with Gasteiger partial charge in [0.25, 0.3) is 0 Å². The van der Waals surface area contributed by atoms with Crippen LogP contribution in [0.2, 0.25) is 0 Å². The number of hydrogen-bond acceptors (Lipinski definition) is 5. The van der Waals surface area contributed by atoms with Gasteiger partial charge in [-0.25, -0.2) is 15.0 Å². The van der Waals surface area contributed by atoms with Crippen molar-refractivity contribution in [3.05, 3.63) is 18.2 Å². The standard InChI is InChI=1S/C12H16N6/c13-10-9(14-6-7-15-10)12-16-11(17-18-12)8-4-2-1-3-5-8/h6-8H,1-5H2,(H2,13,15)(H,16,17,18). The van der Waals surface area contributed by atoms with Crippen molar-refractivity contribution >= 4 is 5.82 Å². The molecule has 3 N–H and O–H groups in total. The van der Waals surface area contributed by atoms with E-state index in [1.165, 1.54) is 32.1 Å². The Morgan fingerprint density at radius 3 is 2.67 bits per heavy atom. The molecule has 0 aromatic carbocycles. The molecule has 1 fully saturated rings. The van der Waals surface area contributed by atoms with E-state index < -0.39 is 0 Å². The summed E-state index contributed by atoms with van der Waals surface area (Å²) in [6, 6.07) is 0. The summed E-state index contributed by atoms with van der Waals surface area (Å²) >= 11 is 0. The maximum atomic E-state index is 5.77. The molecule has 94 valence electrons. The quantitative estimate of drug-likeness (QED) is 0.841. The zero-order valence-corrected chi connectivity index (χ0v) is 10.1. The summed E-state index contributed by atoms with van der Waals surface area (Å²) in [7, 11) is 0. The summed E-state index contributed by atoms with van der Waals surface area (Å²) in [5.74, 6) is 2.36. The Bertz CT molecular complexity index is 529. The fraction of sp³-hybridized carbons (Fsp3) is 0.500. The summed E-state index contributed by atoms with van der Waals surface area (Å²) < 4.78 is 0. The zero-order valence-electron chi connectivity index (χ0n) is 10.1. The van der Waals surface area contributed by atoms with Crippen LogP contribution in [0.3, 0.4) is 0 Å². The largest absolute Gasteiger partial charge is 0.382 e. The second kappa shape index (κ2) is 4.72. The van der Waals surface area contributed by atoms with Crippen molar-refractivity contribution < 1.29 is 0 Å². The molecule has 18 heavy (non-hydrogen) atoms. The highest BCUT2D eigenvalue weighted by Gasteiger charge is 2.20. The molecule has 0 bridgehead atoms. The highest BCUT2D eigenvalue weighted by Crippen LogP contribution is 2.31. The maximum absolute atomic E-state index is 5.77. The zero-order chi connectivity index (χ0) is 12.4. The number of H-pyrrole nitrogens is 1. The maximum Gasteiger partial charge on any atom is 0.203 e. The molecule has 0 aliphatic heterocycles. The molecule has 0 radical (unpaired) electrons. The van der Waals surface area contributed by atoms with Gasteiger partial charge in [0.2, 0.25) is 5.82 Å². The van der Waals surface area contributed by atoms with Gasteiger partial charge in [-0.1, -0.05) is 19.3 Å². The van der Waals surface area contributed by atoms with Gasteiger partial charge in [0, 0.05) is 18.3 Å². The second-order valence-corrected chi connectivity index (χ2v) is 4.67. The van der Waals surface area contributed by atoms with Gasteiger partial charge >= 0.3 is 0 Å². The first-order valence-corrected chi connectivity index (χ1v) is 6.34. The van der Waals surface area contributed by atoms with Gasteiger partial charge in [-0.05, 0) is 12.8 Å². The van der Waals surface area contributed by atoms with Crippen molar-refractivity contribution in [3.63, 3.8) is 0 Å². The third-order valence-electron chi connectivity index (χ3n) is 3.43. The predicted octanol–water partition coefficient (Wildman–Crippen LogP) is 1.89. The number of rotatable bonds is 2. The molecule has 0 saturated heterocycles. The number of nitrogen functional groups attached to an aromatic ring is 1. The normalized spacial score (nSPS) is 16.9. The number of nitrogens with one attached hydrogen (secondary N) is 1. The van der Waals surface area contributed by atoms with E-state index in [9.17, 15) is 0 Å². The van der Waals surface area contributed by atoms with E-state index in [0.717, 1.165) is 5.82 Å². The molecule has 0 atom stereocenters. The van der Waals surface area contributed by atoms with Crippen molar-refractivity contribution in [2.24, 2.45) is 0 Å². The van der Waals surface area contributed by atoms with E-state index in [-0.39, 0.29) is 0 Å². The van der Waals surface area contributed by atoms with Crippen LogP contribution in [0.15, 0.2) is 12.4 Å². The summed E-state index contributed by atoms with van der Waals surface area (Å²) in [5.41, 5.74) is 6.32. The topological polar surface area (TPSA) is 93.4 Å². The van der Waals surface area contributed by atoms with Gasteiger partial charge in [-0.15, -0.1) is 0 Å². The van der Waals surface area contributed by atoms with Crippen molar-refractivity contribution in [2.75, 3.05) is 5.73 Å². The molecule has 0 spiro atoms. The van der Waals surface area contributed by atoms with Gasteiger partial charge in [0.1, 0.15) is 5.82 Å². The summed E-state index contributed by atoms with van der Waals surface area (Å²) in [6.45, 7) is 0. The smallest absolute Gasteiger partial charge is 0.203 e. The summed E-state index contributed by atoms with van der Waals surface area (Å²) in [6.07, 6.45) is 9.40. The molecule has 3 rings (SSSR count). The van der Waals surface area contributed by atoms with Crippen LogP contribution < -0.4 is 5.73 Å². The molecule has 0 amide bonds. The minimum absolute atomic E-state index is 0.367. The molecule has 6 nitrogen and oxygen atoms in total. The Hall–Kier alpha value is -1.98. The molecule has 1 aliphatic carbocycles. The molecule has 2 aromatic heterocycles. The molecule has 2 heterocycles. The van der Waals surface area contributed by atoms with E-state index in [0.29, 0.717) is 23.3 Å². The Morgan fingerprint density at radius 1 is 1.11 bits per heavy atom. The van der Waals surface area contributed by atoms with Crippen LogP contribution in [0.25, 0.3) is 11.5 Å². The van der Waals surface area contributed by atoms with Crippen molar-refractivity contribution in [1.82, 2.24) is 25.1 Å². The first-order valence-electron chi connectivity index (χ1n) is 6.34. The average molecular weight is 244 g/mol. The highest BCUT2D eigenvalue weighted by atomic mass is 15.2. The van der Waals surface area contributed by atoms with Crippen molar-refractivity contribution in [3.8, 4) is 11.5 Å². The number of nitrogens with zero attached hydrogens (tertiary/aromatic N) is 4. The minimum atomic E-state index is 0.367. The van der Waals surface area contributed by atoms with E-state index in [2.05, 4.69) is 25.1 Å². The molecule has 6 heteroatoms. The number of aromatic amines is 1. The fourth-order valence-corrected chi connectivity index (χ4v) is 2.46. The Labute approximate surface area is 105 Å². The van der Waals surface area contributed by atoms with Crippen LogP contribution in [-0.2, 0) is 0 Å². The van der Waals surface area contributed by atoms with E-state index in [1.807, 2.05) is 0 Å². The van der Waals surface area contributed by atoms with Gasteiger partial charge in [-0.2, -0.15) is 5.10 Å². The molecular weight excluding hydrogens is 228 g/mol. The second-order valence-electron chi connectivity index (χ2n) is 4.67. The monoisotopic (exact) mass is 244 g/mol. The van der Waals surface area contributed by atoms with Crippen LogP contribution in [0, 0.1) is 0 Å². The lowest BCUT2D eigenvalue weighted by Crippen LogP contribution is -2.06. The SMILES string of the molecule is Nc1nccnc1-c1n[nH]c(C2CCCCC2)n1. The highest BCUT2D eigenvalue weighted by molar-refractivity contribution is 5.62. The Morgan fingerprint density at radius 2 is 1.89 bits per heavy atom. The third-order valence-corrected chi connectivity index (χ3v) is 3.43. The molecule has 0 unspecified atom stereocenters. The fourth-order valence-electron chi connectivity index (χ4n) is 2.46. The van der Waals surface area contributed by atoms with E-state index in [1.54, 1.807) is 12.4 Å². The Kier molecular flexibility index (Phi) is 2.92. The van der Waals surface area contributed by atoms with Crippen LogP contribution in [-0.4, -0.2) is 25.1 Å². The molecule has 1 aliphatic rings. The molecule has 1 saturated carbocycles. The lowest BCUT2D eigenvalue weighted by atomic mass is 9.89. The minimum Gasteiger partial charge on any atom is -0.382 e. The van der Waals surface area contributed by atoms with Crippen molar-refractivity contribution in [1.29, 1.82) is 0 Å². The third kappa shape index (κ3) is 2.05. The Balaban J connectivity index is 1.87. The lowest BCUT2D eigenvalue weighted by Gasteiger charge is -2.18. The number of nitrogens with two attached hydrogens (primary N) is 1. The molecular formula is C12H16N6. The number of hydrogen-bond donors (Lipinski definition) is 2. The van der Waals surface area contributed by atoms with Crippen LogP contribution in [0.1, 0.15) is 43.8 Å². The number of aromatic nitrogens is 5.